The molecule has 1 aromatic rings. The van der Waals surface area contributed by atoms with Gasteiger partial charge in [0.05, 0.1) is 0 Å². The third-order valence-corrected chi connectivity index (χ3v) is 8.10. The van der Waals surface area contributed by atoms with Gasteiger partial charge in [0.1, 0.15) is 11.2 Å². The van der Waals surface area contributed by atoms with Gasteiger partial charge in [0.2, 0.25) is 5.67 Å². The number of nitrogens with one attached hydrogen (secondary N) is 1. The quantitative estimate of drug-likeness (QED) is 0.147. The number of hydrogen-bond donors (Lipinski definition) is 6. The van der Waals surface area contributed by atoms with Gasteiger partial charge in [0.25, 0.3) is 5.85 Å². The highest BCUT2D eigenvalue weighted by Gasteiger charge is 2.67. The smallest absolute Gasteiger partial charge is 0.383 e. The highest BCUT2D eigenvalue weighted by atomic mass is 32.1. The van der Waals surface area contributed by atoms with Crippen LogP contribution in [-0.4, -0.2) is 58.5 Å². The molecule has 14 nitrogen and oxygen atoms in total. The van der Waals surface area contributed by atoms with Gasteiger partial charge < -0.3 is 34.4 Å². The van der Waals surface area contributed by atoms with E-state index in [1.807, 2.05) is 0 Å². The summed E-state index contributed by atoms with van der Waals surface area (Å²) in [4.78, 5) is 37.5. The Labute approximate surface area is 191 Å². The minimum atomic E-state index is -5.95. The third kappa shape index (κ3) is 6.45. The molecule has 3 unspecified atom stereocenters. The first kappa shape index (κ1) is 28.4. The van der Waals surface area contributed by atoms with Gasteiger partial charge in [-0.25, -0.2) is 26.9 Å². The minimum absolute atomic E-state index is 0.412. The van der Waals surface area contributed by atoms with Crippen molar-refractivity contribution in [1.82, 2.24) is 9.55 Å². The van der Waals surface area contributed by atoms with E-state index in [1.54, 1.807) is 0 Å². The van der Waals surface area contributed by atoms with Gasteiger partial charge in [-0.15, -0.1) is 6.42 Å². The molecule has 2 rings (SSSR count). The maximum absolute atomic E-state index is 15.3. The van der Waals surface area contributed by atoms with Crippen molar-refractivity contribution in [3.63, 3.8) is 0 Å². The molecule has 0 aromatic carbocycles. The molecular formula is C11H12F3N2O12P3S2. The number of rotatable bonds is 8. The fraction of sp³-hybridized carbons (Fsp3) is 0.455. The molecule has 0 amide bonds. The number of nitrogens with zero attached hydrogens (tertiary/aromatic N) is 1. The molecule has 33 heavy (non-hydrogen) atoms. The summed E-state index contributed by atoms with van der Waals surface area (Å²) >= 11 is 9.39. The van der Waals surface area contributed by atoms with Gasteiger partial charge in [-0.05, 0) is 12.2 Å². The topological polar surface area (TPSA) is 210 Å². The zero-order valence-electron chi connectivity index (χ0n) is 15.3. The van der Waals surface area contributed by atoms with Gasteiger partial charge in [-0.2, -0.15) is 8.62 Å². The van der Waals surface area contributed by atoms with Crippen molar-refractivity contribution in [1.29, 1.82) is 0 Å². The monoisotopic (exact) mass is 578 g/mol. The molecule has 0 spiro atoms. The number of alkyl halides is 2. The van der Waals surface area contributed by atoms with E-state index in [1.165, 1.54) is 5.92 Å². The van der Waals surface area contributed by atoms with Gasteiger partial charge >= 0.3 is 23.5 Å². The molecular weight excluding hydrogens is 566 g/mol. The second-order valence-corrected chi connectivity index (χ2v) is 11.3. The number of aromatic nitrogens is 2. The van der Waals surface area contributed by atoms with Crippen molar-refractivity contribution in [3.05, 3.63) is 21.4 Å². The first-order valence-electron chi connectivity index (χ1n) is 7.76. The summed E-state index contributed by atoms with van der Waals surface area (Å²) in [6.45, 7) is -1.92. The summed E-state index contributed by atoms with van der Waals surface area (Å²) in [6, 6.07) is 0. The van der Waals surface area contributed by atoms with Crippen LogP contribution >= 0.6 is 47.9 Å². The van der Waals surface area contributed by atoms with Gasteiger partial charge in [-0.3, -0.25) is 9.09 Å². The van der Waals surface area contributed by atoms with Crippen molar-refractivity contribution in [2.75, 3.05) is 6.61 Å². The molecule has 0 bridgehead atoms. The van der Waals surface area contributed by atoms with Crippen molar-refractivity contribution in [2.45, 2.75) is 23.9 Å². The molecule has 0 radical (unpaired) electrons. The summed E-state index contributed by atoms with van der Waals surface area (Å²) in [5.41, 5.74) is -3.49. The normalized spacial score (nSPS) is 31.5. The summed E-state index contributed by atoms with van der Waals surface area (Å²) in [5.74, 6) is -3.57. The molecule has 1 aliphatic heterocycles. The van der Waals surface area contributed by atoms with Crippen molar-refractivity contribution in [2.24, 2.45) is 0 Å². The third-order valence-electron chi connectivity index (χ3n) is 3.71. The van der Waals surface area contributed by atoms with Crippen molar-refractivity contribution >= 4 is 47.9 Å². The Morgan fingerprint density at radius 1 is 1.21 bits per heavy atom. The second-order valence-electron chi connectivity index (χ2n) is 6.08. The summed E-state index contributed by atoms with van der Waals surface area (Å²) in [7, 11) is -17.5. The molecule has 1 fully saturated rings. The number of phosphoric ester groups is 1. The molecule has 22 heteroatoms. The van der Waals surface area contributed by atoms with E-state index in [0.717, 1.165) is 0 Å². The standard InChI is InChI=1S/C11H12F3N2O12P3S2/c1-2-10(13)7(17)11(14,26-8(10)16-3-5(12)6(32)15-9(16)33)4-25-30(21,22)28-31(23,24)27-29(18,19)20/h1,3,7-8,17H,4H2,(H,21,22)(H,23,24)(H,15,32,33)(H2,18,19,20)/t7-,8-,10?,11-/m1/s1. The highest BCUT2D eigenvalue weighted by Crippen LogP contribution is 2.66. The Balaban J connectivity index is 2.32. The number of hydrogen-bond acceptors (Lipinski definition) is 10. The largest absolute Gasteiger partial charge is 0.490 e. The number of halogens is 3. The lowest BCUT2D eigenvalue weighted by Crippen LogP contribution is -2.47. The summed E-state index contributed by atoms with van der Waals surface area (Å²) in [6.07, 6.45) is 0.113. The Kier molecular flexibility index (Phi) is 8.05. The maximum atomic E-state index is 15.3. The number of ether oxygens (including phenoxy) is 1. The van der Waals surface area contributed by atoms with Gasteiger partial charge in [0, 0.05) is 6.20 Å². The van der Waals surface area contributed by atoms with Crippen LogP contribution in [0.15, 0.2) is 6.20 Å². The van der Waals surface area contributed by atoms with E-state index in [4.69, 9.17) is 33.3 Å². The average Bonchev–Trinajstić information content (AvgIpc) is 2.82. The van der Waals surface area contributed by atoms with Crippen molar-refractivity contribution in [3.8, 4) is 12.3 Å². The van der Waals surface area contributed by atoms with Gasteiger partial charge in [0.15, 0.2) is 22.9 Å². The Morgan fingerprint density at radius 3 is 2.30 bits per heavy atom. The molecule has 6 N–H and O–H groups in total. The van der Waals surface area contributed by atoms with Crippen LogP contribution in [-0.2, 0) is 31.6 Å². The minimum Gasteiger partial charge on any atom is -0.383 e. The van der Waals surface area contributed by atoms with Crippen LogP contribution in [0.3, 0.4) is 0 Å². The number of H-pyrrole nitrogens is 1. The number of aliphatic hydroxyl groups excluding tert-OH is 1. The maximum Gasteiger partial charge on any atom is 0.490 e. The van der Waals surface area contributed by atoms with Crippen LogP contribution in [0, 0.1) is 27.6 Å². The van der Waals surface area contributed by atoms with Crippen LogP contribution < -0.4 is 0 Å². The van der Waals surface area contributed by atoms with E-state index in [-0.39, 0.29) is 0 Å². The van der Waals surface area contributed by atoms with E-state index < -0.39 is 69.2 Å². The van der Waals surface area contributed by atoms with E-state index in [2.05, 4.69) is 35.1 Å². The SMILES string of the molecule is C#CC1(F)[C@@H](O)[C@@](F)(COP(=O)(O)OP(=O)(O)OP(=O)(O)O)O[C@H]1n1cc(F)c(=S)[nH]c1=S. The van der Waals surface area contributed by atoms with Crippen LogP contribution in [0.25, 0.3) is 0 Å². The first-order chi connectivity index (χ1) is 14.8. The molecule has 1 saturated heterocycles. The average molecular weight is 578 g/mol. The Bertz CT molecular complexity index is 1250. The summed E-state index contributed by atoms with van der Waals surface area (Å²) in [5, 5.41) is 10.1. The number of aliphatic hydroxyl groups is 1. The van der Waals surface area contributed by atoms with Crippen LogP contribution in [0.4, 0.5) is 13.2 Å². The number of aromatic amines is 1. The Morgan fingerprint density at radius 2 is 1.79 bits per heavy atom. The Hall–Kier alpha value is -0.800. The number of terminal acetylenes is 1. The predicted octanol–water partition coefficient (Wildman–Crippen LogP) is 1.65. The van der Waals surface area contributed by atoms with E-state index in [9.17, 15) is 28.1 Å². The molecule has 186 valence electrons. The van der Waals surface area contributed by atoms with Crippen LogP contribution in [0.1, 0.15) is 6.23 Å². The fourth-order valence-corrected chi connectivity index (χ4v) is 5.91. The fourth-order valence-electron chi connectivity index (χ4n) is 2.41. The predicted molar refractivity (Wildman–Crippen MR) is 103 cm³/mol. The first-order valence-corrected chi connectivity index (χ1v) is 13.1. The van der Waals surface area contributed by atoms with Crippen LogP contribution in [0.2, 0.25) is 0 Å². The highest BCUT2D eigenvalue weighted by molar-refractivity contribution is 7.72. The van der Waals surface area contributed by atoms with E-state index in [0.29, 0.717) is 10.8 Å². The van der Waals surface area contributed by atoms with E-state index >= 15 is 8.78 Å². The zero-order valence-corrected chi connectivity index (χ0v) is 19.7. The molecule has 1 aromatic heterocycles. The molecule has 0 saturated carbocycles. The summed E-state index contributed by atoms with van der Waals surface area (Å²) < 4.78 is 92.8. The van der Waals surface area contributed by atoms with Crippen LogP contribution in [0.5, 0.6) is 0 Å². The lowest BCUT2D eigenvalue weighted by molar-refractivity contribution is -0.204. The number of phosphoric acid groups is 3. The molecule has 6 atom stereocenters. The zero-order chi connectivity index (χ0) is 25.6. The molecule has 2 heterocycles. The molecule has 0 aliphatic carbocycles. The molecule has 1 aliphatic rings. The van der Waals surface area contributed by atoms with Crippen molar-refractivity contribution < 1.29 is 69.4 Å². The lowest BCUT2D eigenvalue weighted by atomic mass is 9.96. The lowest BCUT2D eigenvalue weighted by Gasteiger charge is -2.25. The second kappa shape index (κ2) is 9.34. The van der Waals surface area contributed by atoms with Gasteiger partial charge in [-0.1, -0.05) is 18.1 Å².